The summed E-state index contributed by atoms with van der Waals surface area (Å²) in [6.45, 7) is 5.60. The zero-order valence-electron chi connectivity index (χ0n) is 9.09. The number of nitrogens with zero attached hydrogens (tertiary/aromatic N) is 2. The second-order valence-electron chi connectivity index (χ2n) is 3.39. The second-order valence-corrected chi connectivity index (χ2v) is 4.19. The molecule has 1 aromatic heterocycles. The zero-order chi connectivity index (χ0) is 11.4. The molecule has 0 fully saturated rings. The lowest BCUT2D eigenvalue weighted by molar-refractivity contribution is -0.117. The van der Waals surface area contributed by atoms with Gasteiger partial charge in [0.1, 0.15) is 5.78 Å². The molecule has 1 aromatic rings. The number of carbonyl (C=O) groups excluding carboxylic acids is 1. The van der Waals surface area contributed by atoms with Crippen molar-refractivity contribution in [3.63, 3.8) is 0 Å². The molecule has 0 aliphatic heterocycles. The number of carbonyl (C=O) groups is 1. The summed E-state index contributed by atoms with van der Waals surface area (Å²) in [6.07, 6.45) is 3.33. The van der Waals surface area contributed by atoms with Gasteiger partial charge in [0.15, 0.2) is 0 Å². The molecular formula is C11H15BrN2O. The van der Waals surface area contributed by atoms with Crippen molar-refractivity contribution in [1.29, 1.82) is 0 Å². The normalized spacial score (nSPS) is 10.3. The number of hydrogen-bond donors (Lipinski definition) is 0. The fourth-order valence-corrected chi connectivity index (χ4v) is 2.19. The van der Waals surface area contributed by atoms with Crippen LogP contribution in [0.25, 0.3) is 0 Å². The van der Waals surface area contributed by atoms with E-state index >= 15 is 0 Å². The third-order valence-electron chi connectivity index (χ3n) is 2.24. The number of allylic oxidation sites excluding steroid dienone is 1. The van der Waals surface area contributed by atoms with Crippen LogP contribution in [0.5, 0.6) is 0 Å². The van der Waals surface area contributed by atoms with Crippen LogP contribution in [0.1, 0.15) is 24.7 Å². The Bertz CT molecular complexity index is 382. The van der Waals surface area contributed by atoms with Gasteiger partial charge in [0.25, 0.3) is 0 Å². The molecule has 0 aliphatic carbocycles. The molecule has 1 rings (SSSR count). The van der Waals surface area contributed by atoms with Gasteiger partial charge in [-0.3, -0.25) is 9.48 Å². The molecule has 82 valence electrons. The topological polar surface area (TPSA) is 34.9 Å². The maximum Gasteiger partial charge on any atom is 0.142 e. The van der Waals surface area contributed by atoms with Gasteiger partial charge in [-0.15, -0.1) is 6.58 Å². The van der Waals surface area contributed by atoms with Gasteiger partial charge in [-0.05, 0) is 22.4 Å². The molecular weight excluding hydrogens is 256 g/mol. The van der Waals surface area contributed by atoms with E-state index in [0.717, 1.165) is 22.3 Å². The quantitative estimate of drug-likeness (QED) is 0.771. The summed E-state index contributed by atoms with van der Waals surface area (Å²) in [5.74, 6) is 0.163. The maximum atomic E-state index is 11.5. The minimum Gasteiger partial charge on any atom is -0.299 e. The molecule has 0 aliphatic rings. The van der Waals surface area contributed by atoms with E-state index in [-0.39, 0.29) is 5.78 Å². The molecule has 0 amide bonds. The van der Waals surface area contributed by atoms with Gasteiger partial charge in [0.05, 0.1) is 15.9 Å². The molecule has 0 atom stereocenters. The summed E-state index contributed by atoms with van der Waals surface area (Å²) in [7, 11) is 1.86. The van der Waals surface area contributed by atoms with Gasteiger partial charge < -0.3 is 0 Å². The number of ketones is 1. The van der Waals surface area contributed by atoms with Crippen LogP contribution in [-0.2, 0) is 24.7 Å². The van der Waals surface area contributed by atoms with Crippen molar-refractivity contribution in [2.24, 2.45) is 7.05 Å². The molecule has 0 unspecified atom stereocenters. The highest BCUT2D eigenvalue weighted by Gasteiger charge is 2.14. The summed E-state index contributed by atoms with van der Waals surface area (Å²) in [4.78, 5) is 11.5. The Balaban J connectivity index is 2.89. The van der Waals surface area contributed by atoms with Crippen molar-refractivity contribution >= 4 is 21.7 Å². The van der Waals surface area contributed by atoms with Gasteiger partial charge in [-0.2, -0.15) is 5.10 Å². The van der Waals surface area contributed by atoms with Gasteiger partial charge in [-0.25, -0.2) is 0 Å². The summed E-state index contributed by atoms with van der Waals surface area (Å²) in [5, 5.41) is 4.33. The van der Waals surface area contributed by atoms with Gasteiger partial charge in [-0.1, -0.05) is 13.0 Å². The lowest BCUT2D eigenvalue weighted by atomic mass is 10.1. The largest absolute Gasteiger partial charge is 0.299 e. The maximum absolute atomic E-state index is 11.5. The van der Waals surface area contributed by atoms with Gasteiger partial charge in [0.2, 0.25) is 0 Å². The van der Waals surface area contributed by atoms with Crippen molar-refractivity contribution in [3.8, 4) is 0 Å². The Labute approximate surface area is 98.3 Å². The zero-order valence-corrected chi connectivity index (χ0v) is 10.7. The van der Waals surface area contributed by atoms with Crippen LogP contribution < -0.4 is 0 Å². The highest BCUT2D eigenvalue weighted by molar-refractivity contribution is 9.10. The Hall–Kier alpha value is -0.900. The highest BCUT2D eigenvalue weighted by atomic mass is 79.9. The van der Waals surface area contributed by atoms with Gasteiger partial charge >= 0.3 is 0 Å². The first-order valence-corrected chi connectivity index (χ1v) is 5.72. The Kier molecular flexibility index (Phi) is 4.27. The van der Waals surface area contributed by atoms with Crippen molar-refractivity contribution < 1.29 is 4.79 Å². The first-order chi connectivity index (χ1) is 7.10. The van der Waals surface area contributed by atoms with Crippen molar-refractivity contribution in [2.75, 3.05) is 0 Å². The first kappa shape index (κ1) is 12.2. The fraction of sp³-hybridized carbons (Fsp3) is 0.455. The molecule has 1 heterocycles. The Morgan fingerprint density at radius 1 is 1.67 bits per heavy atom. The smallest absolute Gasteiger partial charge is 0.142 e. The van der Waals surface area contributed by atoms with Crippen LogP contribution in [0.3, 0.4) is 0 Å². The molecule has 0 radical (unpaired) electrons. The number of halogens is 1. The van der Waals surface area contributed by atoms with Crippen LogP contribution in [0.2, 0.25) is 0 Å². The predicted octanol–water partition coefficient (Wildman–Crippen LogP) is 2.43. The number of aromatic nitrogens is 2. The summed E-state index contributed by atoms with van der Waals surface area (Å²) >= 11 is 3.48. The molecule has 0 saturated carbocycles. The third kappa shape index (κ3) is 2.78. The van der Waals surface area contributed by atoms with E-state index in [2.05, 4.69) is 27.6 Å². The lowest BCUT2D eigenvalue weighted by Crippen LogP contribution is -2.06. The van der Waals surface area contributed by atoms with Gasteiger partial charge in [0, 0.05) is 19.9 Å². The van der Waals surface area contributed by atoms with Crippen molar-refractivity contribution in [2.45, 2.75) is 26.2 Å². The van der Waals surface area contributed by atoms with Crippen LogP contribution in [-0.4, -0.2) is 15.6 Å². The van der Waals surface area contributed by atoms with E-state index in [0.29, 0.717) is 12.8 Å². The van der Waals surface area contributed by atoms with E-state index in [1.807, 2.05) is 14.0 Å². The Morgan fingerprint density at radius 2 is 2.33 bits per heavy atom. The van der Waals surface area contributed by atoms with Crippen molar-refractivity contribution in [1.82, 2.24) is 9.78 Å². The van der Waals surface area contributed by atoms with Crippen LogP contribution in [0.15, 0.2) is 17.1 Å². The predicted molar refractivity (Wildman–Crippen MR) is 63.8 cm³/mol. The standard InChI is InChI=1S/C11H15BrN2O/c1-4-6-8(15)7-10-11(12)9(5-2)13-14(10)3/h4H,1,5-7H2,2-3H3. The monoisotopic (exact) mass is 270 g/mol. The average molecular weight is 271 g/mol. The fourth-order valence-electron chi connectivity index (χ4n) is 1.43. The molecule has 0 N–H and O–H groups in total. The molecule has 0 bridgehead atoms. The van der Waals surface area contributed by atoms with Crippen LogP contribution in [0.4, 0.5) is 0 Å². The van der Waals surface area contributed by atoms with E-state index in [1.54, 1.807) is 10.8 Å². The second kappa shape index (κ2) is 5.26. The van der Waals surface area contributed by atoms with Crippen LogP contribution in [0, 0.1) is 0 Å². The highest BCUT2D eigenvalue weighted by Crippen LogP contribution is 2.22. The SMILES string of the molecule is C=CCC(=O)Cc1c(Br)c(CC)nn1C. The average Bonchev–Trinajstić information content (AvgIpc) is 2.45. The molecule has 3 nitrogen and oxygen atoms in total. The number of aryl methyl sites for hydroxylation is 2. The summed E-state index contributed by atoms with van der Waals surface area (Å²) in [5.41, 5.74) is 1.94. The van der Waals surface area contributed by atoms with E-state index in [4.69, 9.17) is 0 Å². The summed E-state index contributed by atoms with van der Waals surface area (Å²) < 4.78 is 2.73. The molecule has 0 spiro atoms. The van der Waals surface area contributed by atoms with Crippen LogP contribution >= 0.6 is 15.9 Å². The lowest BCUT2D eigenvalue weighted by Gasteiger charge is -2.00. The molecule has 0 aromatic carbocycles. The third-order valence-corrected chi connectivity index (χ3v) is 3.15. The van der Waals surface area contributed by atoms with Crippen molar-refractivity contribution in [3.05, 3.63) is 28.5 Å². The number of rotatable bonds is 5. The molecule has 0 saturated heterocycles. The number of Topliss-reactive ketones (excluding diaryl/α,β-unsaturated/α-hetero) is 1. The Morgan fingerprint density at radius 3 is 2.80 bits per heavy atom. The van der Waals surface area contributed by atoms with E-state index in [9.17, 15) is 4.79 Å². The van der Waals surface area contributed by atoms with E-state index in [1.165, 1.54) is 0 Å². The first-order valence-electron chi connectivity index (χ1n) is 4.93. The minimum absolute atomic E-state index is 0.163. The summed E-state index contributed by atoms with van der Waals surface area (Å²) in [6, 6.07) is 0. The molecule has 15 heavy (non-hydrogen) atoms. The van der Waals surface area contributed by atoms with E-state index < -0.39 is 0 Å². The molecule has 4 heteroatoms. The number of hydrogen-bond acceptors (Lipinski definition) is 2. The minimum atomic E-state index is 0.163.